The van der Waals surface area contributed by atoms with Gasteiger partial charge in [0.2, 0.25) is 0 Å². The van der Waals surface area contributed by atoms with Crippen molar-refractivity contribution in [2.45, 2.75) is 0 Å². The van der Waals surface area contributed by atoms with Crippen LogP contribution in [0.3, 0.4) is 0 Å². The zero-order chi connectivity index (χ0) is 18.4. The van der Waals surface area contributed by atoms with Crippen LogP contribution in [0.4, 0.5) is 4.39 Å². The van der Waals surface area contributed by atoms with Crippen LogP contribution < -0.4 is 9.47 Å². The first-order chi connectivity index (χ1) is 12.7. The highest BCUT2D eigenvalue weighted by molar-refractivity contribution is 5.92. The maximum absolute atomic E-state index is 13.7. The van der Waals surface area contributed by atoms with Gasteiger partial charge in [0.1, 0.15) is 5.82 Å². The number of esters is 1. The molecular weight excluding hydrogens is 339 g/mol. The third-order valence-corrected chi connectivity index (χ3v) is 3.84. The largest absolute Gasteiger partial charge is 0.493 e. The highest BCUT2D eigenvalue weighted by Gasteiger charge is 2.16. The van der Waals surface area contributed by atoms with Gasteiger partial charge in [-0.1, -0.05) is 12.1 Å². The van der Waals surface area contributed by atoms with Crippen LogP contribution in [0.5, 0.6) is 11.5 Å². The molecule has 2 aromatic carbocycles. The van der Waals surface area contributed by atoms with Crippen molar-refractivity contribution in [3.63, 3.8) is 0 Å². The summed E-state index contributed by atoms with van der Waals surface area (Å²) in [5.74, 6) is -0.841. The monoisotopic (exact) mass is 358 g/mol. The minimum absolute atomic E-state index is 0.132. The highest BCUT2D eigenvalue weighted by Crippen LogP contribution is 2.28. The van der Waals surface area contributed by atoms with E-state index in [0.29, 0.717) is 19.0 Å². The van der Waals surface area contributed by atoms with Crippen molar-refractivity contribution in [2.24, 2.45) is 5.10 Å². The molecule has 0 aromatic heterocycles. The first kappa shape index (κ1) is 17.9. The molecule has 26 heavy (non-hydrogen) atoms. The molecule has 0 radical (unpaired) electrons. The Morgan fingerprint density at radius 2 is 1.96 bits per heavy atom. The lowest BCUT2D eigenvalue weighted by Gasteiger charge is -2.23. The third-order valence-electron chi connectivity index (χ3n) is 3.84. The molecule has 1 fully saturated rings. The summed E-state index contributed by atoms with van der Waals surface area (Å²) in [6.07, 6.45) is 1.70. The van der Waals surface area contributed by atoms with Gasteiger partial charge in [0.25, 0.3) is 0 Å². The zero-order valence-corrected chi connectivity index (χ0v) is 14.4. The van der Waals surface area contributed by atoms with E-state index >= 15 is 0 Å². The minimum atomic E-state index is -0.781. The van der Waals surface area contributed by atoms with Crippen molar-refractivity contribution < 1.29 is 23.4 Å². The molecule has 0 N–H and O–H groups in total. The minimum Gasteiger partial charge on any atom is -0.493 e. The van der Waals surface area contributed by atoms with E-state index in [-0.39, 0.29) is 11.3 Å². The van der Waals surface area contributed by atoms with Gasteiger partial charge in [0.15, 0.2) is 11.5 Å². The van der Waals surface area contributed by atoms with Gasteiger partial charge in [-0.25, -0.2) is 9.18 Å². The van der Waals surface area contributed by atoms with E-state index in [4.69, 9.17) is 14.2 Å². The number of methoxy groups -OCH3 is 1. The molecule has 0 aliphatic carbocycles. The Labute approximate surface area is 150 Å². The maximum Gasteiger partial charge on any atom is 0.346 e. The number of hydrazone groups is 1. The molecule has 2 aromatic rings. The zero-order valence-electron chi connectivity index (χ0n) is 14.4. The van der Waals surface area contributed by atoms with Crippen molar-refractivity contribution in [1.29, 1.82) is 0 Å². The summed E-state index contributed by atoms with van der Waals surface area (Å²) in [5, 5.41) is 6.31. The predicted octanol–water partition coefficient (Wildman–Crippen LogP) is 2.72. The average Bonchev–Trinajstić information content (AvgIpc) is 2.68. The lowest BCUT2D eigenvalue weighted by Crippen LogP contribution is -2.32. The number of morpholine rings is 1. The Kier molecular flexibility index (Phi) is 5.80. The molecule has 0 amide bonds. The number of rotatable bonds is 5. The summed E-state index contributed by atoms with van der Waals surface area (Å²) in [6.45, 7) is 2.80. The molecule has 1 aliphatic rings. The van der Waals surface area contributed by atoms with Crippen molar-refractivity contribution in [3.05, 3.63) is 59.4 Å². The second kappa shape index (κ2) is 8.44. The van der Waals surface area contributed by atoms with Crippen LogP contribution in [0.2, 0.25) is 0 Å². The Morgan fingerprint density at radius 3 is 2.69 bits per heavy atom. The molecule has 0 unspecified atom stereocenters. The standard InChI is InChI=1S/C19H19FN2O4/c1-24-18-12-14(13-21-22-8-10-25-11-9-22)6-7-17(18)26-19(23)15-4-2-3-5-16(15)20/h2-7,12-13H,8-11H2,1H3/b21-13-. The molecule has 3 rings (SSSR count). The number of halogens is 1. The Hall–Kier alpha value is -2.93. The second-order valence-corrected chi connectivity index (χ2v) is 5.59. The molecule has 1 aliphatic heterocycles. The topological polar surface area (TPSA) is 60.4 Å². The summed E-state index contributed by atoms with van der Waals surface area (Å²) >= 11 is 0. The van der Waals surface area contributed by atoms with Gasteiger partial charge in [0.05, 0.1) is 45.2 Å². The number of hydrogen-bond donors (Lipinski definition) is 0. The number of benzene rings is 2. The number of carbonyl (C=O) groups is 1. The second-order valence-electron chi connectivity index (χ2n) is 5.59. The van der Waals surface area contributed by atoms with Crippen molar-refractivity contribution in [2.75, 3.05) is 33.4 Å². The van der Waals surface area contributed by atoms with E-state index in [1.54, 1.807) is 30.5 Å². The number of carbonyl (C=O) groups excluding carboxylic acids is 1. The van der Waals surface area contributed by atoms with Crippen LogP contribution in [0.25, 0.3) is 0 Å². The quantitative estimate of drug-likeness (QED) is 0.467. The molecule has 0 atom stereocenters. The van der Waals surface area contributed by atoms with Gasteiger partial charge in [-0.05, 0) is 35.9 Å². The third kappa shape index (κ3) is 4.37. The average molecular weight is 358 g/mol. The molecule has 1 heterocycles. The SMILES string of the molecule is COc1cc(/C=N\N2CCOCC2)ccc1OC(=O)c1ccccc1F. The summed E-state index contributed by atoms with van der Waals surface area (Å²) in [7, 11) is 1.47. The number of nitrogens with zero attached hydrogens (tertiary/aromatic N) is 2. The molecule has 0 saturated carbocycles. The maximum atomic E-state index is 13.7. The van der Waals surface area contributed by atoms with Crippen LogP contribution >= 0.6 is 0 Å². The lowest BCUT2D eigenvalue weighted by molar-refractivity contribution is 0.0397. The Balaban J connectivity index is 1.73. The van der Waals surface area contributed by atoms with Crippen molar-refractivity contribution >= 4 is 12.2 Å². The van der Waals surface area contributed by atoms with Gasteiger partial charge < -0.3 is 14.2 Å². The van der Waals surface area contributed by atoms with E-state index < -0.39 is 11.8 Å². The first-order valence-corrected chi connectivity index (χ1v) is 8.19. The summed E-state index contributed by atoms with van der Waals surface area (Å²) < 4.78 is 29.5. The van der Waals surface area contributed by atoms with Crippen molar-refractivity contribution in [1.82, 2.24) is 5.01 Å². The van der Waals surface area contributed by atoms with Gasteiger partial charge in [0, 0.05) is 0 Å². The summed E-state index contributed by atoms with van der Waals surface area (Å²) in [6, 6.07) is 10.7. The molecule has 7 heteroatoms. The summed E-state index contributed by atoms with van der Waals surface area (Å²) in [5.41, 5.74) is 0.659. The van der Waals surface area contributed by atoms with Gasteiger partial charge in [-0.15, -0.1) is 0 Å². The Morgan fingerprint density at radius 1 is 1.19 bits per heavy atom. The molecule has 0 bridgehead atoms. The fraction of sp³-hybridized carbons (Fsp3) is 0.263. The van der Waals surface area contributed by atoms with E-state index in [0.717, 1.165) is 18.7 Å². The normalized spacial score (nSPS) is 14.5. The predicted molar refractivity (Wildman–Crippen MR) is 94.3 cm³/mol. The summed E-state index contributed by atoms with van der Waals surface area (Å²) in [4.78, 5) is 12.2. The number of ether oxygens (including phenoxy) is 3. The molecule has 1 saturated heterocycles. The molecule has 6 nitrogen and oxygen atoms in total. The first-order valence-electron chi connectivity index (χ1n) is 8.19. The molecule has 0 spiro atoms. The smallest absolute Gasteiger partial charge is 0.346 e. The van der Waals surface area contributed by atoms with E-state index in [1.807, 2.05) is 5.01 Å². The fourth-order valence-electron chi connectivity index (χ4n) is 2.45. The van der Waals surface area contributed by atoms with Crippen LogP contribution in [-0.2, 0) is 4.74 Å². The van der Waals surface area contributed by atoms with Gasteiger partial charge in [-0.3, -0.25) is 5.01 Å². The van der Waals surface area contributed by atoms with Crippen LogP contribution in [-0.4, -0.2) is 50.6 Å². The molecular formula is C19H19FN2O4. The van der Waals surface area contributed by atoms with Crippen LogP contribution in [0.1, 0.15) is 15.9 Å². The molecule has 136 valence electrons. The van der Waals surface area contributed by atoms with Crippen LogP contribution in [0.15, 0.2) is 47.6 Å². The van der Waals surface area contributed by atoms with Gasteiger partial charge >= 0.3 is 5.97 Å². The Bertz CT molecular complexity index is 804. The fourth-order valence-corrected chi connectivity index (χ4v) is 2.45. The van der Waals surface area contributed by atoms with E-state index in [1.165, 1.54) is 25.3 Å². The van der Waals surface area contributed by atoms with Crippen molar-refractivity contribution in [3.8, 4) is 11.5 Å². The van der Waals surface area contributed by atoms with Crippen LogP contribution in [0, 0.1) is 5.82 Å². The van der Waals surface area contributed by atoms with Gasteiger partial charge in [-0.2, -0.15) is 5.10 Å². The number of hydrogen-bond acceptors (Lipinski definition) is 6. The van der Waals surface area contributed by atoms with E-state index in [9.17, 15) is 9.18 Å². The lowest BCUT2D eigenvalue weighted by atomic mass is 10.2. The van der Waals surface area contributed by atoms with E-state index in [2.05, 4.69) is 5.10 Å². The highest BCUT2D eigenvalue weighted by atomic mass is 19.1.